The Labute approximate surface area is 114 Å². The molecule has 0 unspecified atom stereocenters. The van der Waals surface area contributed by atoms with Gasteiger partial charge in [-0.3, -0.25) is 0 Å². The molecule has 0 aromatic heterocycles. The molecule has 2 nitrogen and oxygen atoms in total. The van der Waals surface area contributed by atoms with Crippen LogP contribution in [-0.2, 0) is 11.3 Å². The highest BCUT2D eigenvalue weighted by Crippen LogP contribution is 2.18. The maximum atomic E-state index is 12.1. The van der Waals surface area contributed by atoms with Gasteiger partial charge in [0.05, 0.1) is 5.56 Å². The SMILES string of the molecule is Cc1cc(C)c(C(=O)OCc2ccccc2)c(C)c1. The number of aryl methyl sites for hydroxylation is 3. The van der Waals surface area contributed by atoms with E-state index in [1.165, 1.54) is 0 Å². The molecule has 0 bridgehead atoms. The van der Waals surface area contributed by atoms with Crippen molar-refractivity contribution in [3.63, 3.8) is 0 Å². The van der Waals surface area contributed by atoms with Crippen LogP contribution < -0.4 is 0 Å². The van der Waals surface area contributed by atoms with Crippen LogP contribution in [0.15, 0.2) is 42.5 Å². The predicted octanol–water partition coefficient (Wildman–Crippen LogP) is 3.97. The molecule has 0 amide bonds. The molecule has 0 heterocycles. The highest BCUT2D eigenvalue weighted by molar-refractivity contribution is 5.92. The second-order valence-corrected chi connectivity index (χ2v) is 4.84. The fraction of sp³-hybridized carbons (Fsp3) is 0.235. The van der Waals surface area contributed by atoms with E-state index in [0.717, 1.165) is 22.3 Å². The standard InChI is InChI=1S/C17H18O2/c1-12-9-13(2)16(14(3)10-12)17(18)19-11-15-7-5-4-6-8-15/h4-10H,11H2,1-3H3. The molecule has 98 valence electrons. The quantitative estimate of drug-likeness (QED) is 0.775. The zero-order valence-electron chi connectivity index (χ0n) is 11.6. The van der Waals surface area contributed by atoms with Crippen LogP contribution >= 0.6 is 0 Å². The lowest BCUT2D eigenvalue weighted by molar-refractivity contribution is 0.0471. The fourth-order valence-corrected chi connectivity index (χ4v) is 2.30. The molecule has 0 fully saturated rings. The van der Waals surface area contributed by atoms with Gasteiger partial charge in [-0.25, -0.2) is 4.79 Å². The summed E-state index contributed by atoms with van der Waals surface area (Å²) in [5.74, 6) is -0.251. The van der Waals surface area contributed by atoms with Crippen LogP contribution in [-0.4, -0.2) is 5.97 Å². The van der Waals surface area contributed by atoms with Crippen LogP contribution in [0.4, 0.5) is 0 Å². The number of benzene rings is 2. The first kappa shape index (κ1) is 13.3. The molecule has 2 aromatic rings. The summed E-state index contributed by atoms with van der Waals surface area (Å²) in [6.45, 7) is 6.23. The molecule has 0 atom stereocenters. The second-order valence-electron chi connectivity index (χ2n) is 4.84. The van der Waals surface area contributed by atoms with Crippen molar-refractivity contribution in [2.75, 3.05) is 0 Å². The summed E-state index contributed by atoms with van der Waals surface area (Å²) in [5.41, 5.74) is 4.78. The third kappa shape index (κ3) is 3.22. The minimum Gasteiger partial charge on any atom is -0.457 e. The molecule has 19 heavy (non-hydrogen) atoms. The van der Waals surface area contributed by atoms with E-state index in [1.807, 2.05) is 63.2 Å². The summed E-state index contributed by atoms with van der Waals surface area (Å²) in [6, 6.07) is 13.7. The lowest BCUT2D eigenvalue weighted by atomic mass is 10.00. The van der Waals surface area contributed by atoms with Crippen molar-refractivity contribution in [1.29, 1.82) is 0 Å². The van der Waals surface area contributed by atoms with Gasteiger partial charge in [0.25, 0.3) is 0 Å². The minimum atomic E-state index is -0.251. The zero-order valence-corrected chi connectivity index (χ0v) is 11.6. The summed E-state index contributed by atoms with van der Waals surface area (Å²) in [4.78, 5) is 12.1. The van der Waals surface area contributed by atoms with E-state index in [2.05, 4.69) is 0 Å². The van der Waals surface area contributed by atoms with E-state index < -0.39 is 0 Å². The van der Waals surface area contributed by atoms with Crippen molar-refractivity contribution in [1.82, 2.24) is 0 Å². The fourth-order valence-electron chi connectivity index (χ4n) is 2.30. The average molecular weight is 254 g/mol. The number of hydrogen-bond donors (Lipinski definition) is 0. The Balaban J connectivity index is 2.13. The van der Waals surface area contributed by atoms with Crippen molar-refractivity contribution in [2.45, 2.75) is 27.4 Å². The maximum Gasteiger partial charge on any atom is 0.339 e. The molecule has 0 N–H and O–H groups in total. The molecule has 0 saturated carbocycles. The zero-order chi connectivity index (χ0) is 13.8. The van der Waals surface area contributed by atoms with Gasteiger partial charge in [0.1, 0.15) is 6.61 Å². The van der Waals surface area contributed by atoms with Crippen LogP contribution in [0.5, 0.6) is 0 Å². The van der Waals surface area contributed by atoms with E-state index in [-0.39, 0.29) is 5.97 Å². The minimum absolute atomic E-state index is 0.251. The molecule has 0 radical (unpaired) electrons. The molecular weight excluding hydrogens is 236 g/mol. The van der Waals surface area contributed by atoms with Gasteiger partial charge in [-0.05, 0) is 37.5 Å². The van der Waals surface area contributed by atoms with E-state index >= 15 is 0 Å². The van der Waals surface area contributed by atoms with Gasteiger partial charge in [0.2, 0.25) is 0 Å². The van der Waals surface area contributed by atoms with Gasteiger partial charge in [-0.2, -0.15) is 0 Å². The summed E-state index contributed by atoms with van der Waals surface area (Å²) in [5, 5.41) is 0. The largest absolute Gasteiger partial charge is 0.457 e. The molecule has 0 spiro atoms. The third-order valence-electron chi connectivity index (χ3n) is 3.09. The molecule has 2 aromatic carbocycles. The first-order chi connectivity index (χ1) is 9.08. The van der Waals surface area contributed by atoms with Crippen molar-refractivity contribution in [3.8, 4) is 0 Å². The van der Waals surface area contributed by atoms with Crippen molar-refractivity contribution in [3.05, 3.63) is 70.3 Å². The number of hydrogen-bond acceptors (Lipinski definition) is 2. The Bertz CT molecular complexity index is 562. The Morgan fingerprint density at radius 2 is 1.58 bits per heavy atom. The first-order valence-corrected chi connectivity index (χ1v) is 6.37. The highest BCUT2D eigenvalue weighted by Gasteiger charge is 2.14. The van der Waals surface area contributed by atoms with E-state index in [1.54, 1.807) is 0 Å². The van der Waals surface area contributed by atoms with Crippen LogP contribution in [0, 0.1) is 20.8 Å². The van der Waals surface area contributed by atoms with Crippen LogP contribution in [0.25, 0.3) is 0 Å². The van der Waals surface area contributed by atoms with Crippen molar-refractivity contribution >= 4 is 5.97 Å². The van der Waals surface area contributed by atoms with Crippen LogP contribution in [0.3, 0.4) is 0 Å². The highest BCUT2D eigenvalue weighted by atomic mass is 16.5. The van der Waals surface area contributed by atoms with Crippen LogP contribution in [0.2, 0.25) is 0 Å². The Hall–Kier alpha value is -2.09. The van der Waals surface area contributed by atoms with Gasteiger partial charge in [-0.15, -0.1) is 0 Å². The molecule has 0 aliphatic heterocycles. The molecular formula is C17H18O2. The van der Waals surface area contributed by atoms with Crippen molar-refractivity contribution < 1.29 is 9.53 Å². The number of esters is 1. The van der Waals surface area contributed by atoms with Gasteiger partial charge >= 0.3 is 5.97 Å². The molecule has 0 aliphatic rings. The lowest BCUT2D eigenvalue weighted by Crippen LogP contribution is -2.09. The molecule has 0 aliphatic carbocycles. The molecule has 0 saturated heterocycles. The maximum absolute atomic E-state index is 12.1. The van der Waals surface area contributed by atoms with Gasteiger partial charge in [0.15, 0.2) is 0 Å². The average Bonchev–Trinajstić information content (AvgIpc) is 2.36. The van der Waals surface area contributed by atoms with Gasteiger partial charge < -0.3 is 4.74 Å². The second kappa shape index (κ2) is 5.70. The smallest absolute Gasteiger partial charge is 0.339 e. The van der Waals surface area contributed by atoms with Crippen molar-refractivity contribution in [2.24, 2.45) is 0 Å². The summed E-state index contributed by atoms with van der Waals surface area (Å²) in [6.07, 6.45) is 0. The monoisotopic (exact) mass is 254 g/mol. The Kier molecular flexibility index (Phi) is 4.00. The Morgan fingerprint density at radius 1 is 1.00 bits per heavy atom. The molecule has 2 rings (SSSR count). The number of carbonyl (C=O) groups is 1. The number of carbonyl (C=O) groups excluding carboxylic acids is 1. The summed E-state index contributed by atoms with van der Waals surface area (Å²) < 4.78 is 5.38. The van der Waals surface area contributed by atoms with E-state index in [4.69, 9.17) is 4.74 Å². The summed E-state index contributed by atoms with van der Waals surface area (Å²) in [7, 11) is 0. The topological polar surface area (TPSA) is 26.3 Å². The Morgan fingerprint density at radius 3 is 2.16 bits per heavy atom. The first-order valence-electron chi connectivity index (χ1n) is 6.37. The number of rotatable bonds is 3. The molecule has 2 heteroatoms. The van der Waals surface area contributed by atoms with E-state index in [9.17, 15) is 4.79 Å². The van der Waals surface area contributed by atoms with Gasteiger partial charge in [0, 0.05) is 0 Å². The van der Waals surface area contributed by atoms with Gasteiger partial charge in [-0.1, -0.05) is 48.0 Å². The predicted molar refractivity (Wildman–Crippen MR) is 76.2 cm³/mol. The lowest BCUT2D eigenvalue weighted by Gasteiger charge is -2.11. The number of ether oxygens (including phenoxy) is 1. The van der Waals surface area contributed by atoms with E-state index in [0.29, 0.717) is 12.2 Å². The van der Waals surface area contributed by atoms with Crippen LogP contribution in [0.1, 0.15) is 32.6 Å². The third-order valence-corrected chi connectivity index (χ3v) is 3.09. The summed E-state index contributed by atoms with van der Waals surface area (Å²) >= 11 is 0. The normalized spacial score (nSPS) is 10.3.